The van der Waals surface area contributed by atoms with E-state index in [2.05, 4.69) is 17.1 Å². The van der Waals surface area contributed by atoms with E-state index < -0.39 is 0 Å². The van der Waals surface area contributed by atoms with Gasteiger partial charge in [-0.3, -0.25) is 0 Å². The molecule has 2 heterocycles. The van der Waals surface area contributed by atoms with Gasteiger partial charge in [0.05, 0.1) is 5.56 Å². The molecule has 2 aromatic carbocycles. The Morgan fingerprint density at radius 1 is 1.07 bits per heavy atom. The van der Waals surface area contributed by atoms with Crippen molar-refractivity contribution in [2.45, 2.75) is 39.3 Å². The first-order valence-corrected chi connectivity index (χ1v) is 10.1. The molecule has 0 aromatic heterocycles. The number of ether oxygens (including phenoxy) is 1. The molecule has 6 nitrogen and oxygen atoms in total. The lowest BCUT2D eigenvalue weighted by molar-refractivity contribution is 0.129. The Hall–Kier alpha value is -3.02. The van der Waals surface area contributed by atoms with Crippen LogP contribution in [-0.4, -0.2) is 52.9 Å². The summed E-state index contributed by atoms with van der Waals surface area (Å²) in [4.78, 5) is 21.8. The lowest BCUT2D eigenvalue weighted by Crippen LogP contribution is -2.59. The Labute approximate surface area is 172 Å². The SMILES string of the molecule is CC1CN(C2=Nc3ccccc3Oc3ccccc32)CCN1C(=O)NC(C)(C)C. The molecule has 2 aliphatic rings. The van der Waals surface area contributed by atoms with Crippen molar-refractivity contribution in [1.82, 2.24) is 15.1 Å². The van der Waals surface area contributed by atoms with Crippen LogP contribution in [0.1, 0.15) is 33.3 Å². The topological polar surface area (TPSA) is 57.2 Å². The summed E-state index contributed by atoms with van der Waals surface area (Å²) < 4.78 is 6.15. The Morgan fingerprint density at radius 3 is 2.48 bits per heavy atom. The molecule has 29 heavy (non-hydrogen) atoms. The van der Waals surface area contributed by atoms with E-state index in [4.69, 9.17) is 9.73 Å². The number of para-hydroxylation sites is 3. The van der Waals surface area contributed by atoms with E-state index in [0.29, 0.717) is 13.1 Å². The highest BCUT2D eigenvalue weighted by Crippen LogP contribution is 2.38. The number of urea groups is 1. The van der Waals surface area contributed by atoms with E-state index in [-0.39, 0.29) is 17.6 Å². The van der Waals surface area contributed by atoms with Gasteiger partial charge in [0.25, 0.3) is 0 Å². The highest BCUT2D eigenvalue weighted by Gasteiger charge is 2.32. The minimum Gasteiger partial charge on any atom is -0.454 e. The van der Waals surface area contributed by atoms with Gasteiger partial charge >= 0.3 is 6.03 Å². The molecule has 0 bridgehead atoms. The Balaban J connectivity index is 1.62. The summed E-state index contributed by atoms with van der Waals surface area (Å²) in [6.07, 6.45) is 0. The molecule has 0 radical (unpaired) electrons. The number of piperazine rings is 1. The van der Waals surface area contributed by atoms with E-state index in [1.807, 2.05) is 74.2 Å². The second-order valence-electron chi connectivity index (χ2n) is 8.67. The Bertz CT molecular complexity index is 948. The van der Waals surface area contributed by atoms with Crippen LogP contribution < -0.4 is 10.1 Å². The highest BCUT2D eigenvalue weighted by molar-refractivity contribution is 6.03. The molecule has 6 heteroatoms. The molecule has 0 saturated carbocycles. The van der Waals surface area contributed by atoms with Gasteiger partial charge in [-0.25, -0.2) is 9.79 Å². The molecule has 2 aromatic rings. The number of amides is 2. The summed E-state index contributed by atoms with van der Waals surface area (Å²) in [7, 11) is 0. The molecule has 1 saturated heterocycles. The third-order valence-corrected chi connectivity index (χ3v) is 5.11. The summed E-state index contributed by atoms with van der Waals surface area (Å²) in [5, 5.41) is 3.07. The number of amidine groups is 1. The molecule has 1 N–H and O–H groups in total. The summed E-state index contributed by atoms with van der Waals surface area (Å²) in [6.45, 7) is 10.2. The largest absolute Gasteiger partial charge is 0.454 e. The molecule has 2 amide bonds. The smallest absolute Gasteiger partial charge is 0.318 e. The number of hydrogen-bond acceptors (Lipinski definition) is 4. The maximum Gasteiger partial charge on any atom is 0.318 e. The zero-order valence-corrected chi connectivity index (χ0v) is 17.5. The minimum absolute atomic E-state index is 0.0125. The third-order valence-electron chi connectivity index (χ3n) is 5.11. The van der Waals surface area contributed by atoms with Crippen LogP contribution >= 0.6 is 0 Å². The van der Waals surface area contributed by atoms with Crippen LogP contribution in [0, 0.1) is 0 Å². The number of carbonyl (C=O) groups excluding carboxylic acids is 1. The first-order valence-electron chi connectivity index (χ1n) is 10.1. The van der Waals surface area contributed by atoms with Gasteiger partial charge in [-0.1, -0.05) is 24.3 Å². The van der Waals surface area contributed by atoms with Gasteiger partial charge in [0.1, 0.15) is 17.3 Å². The number of carbonyl (C=O) groups is 1. The van der Waals surface area contributed by atoms with Crippen molar-refractivity contribution in [2.75, 3.05) is 19.6 Å². The van der Waals surface area contributed by atoms with Gasteiger partial charge in [0.2, 0.25) is 0 Å². The summed E-state index contributed by atoms with van der Waals surface area (Å²) >= 11 is 0. The molecule has 0 spiro atoms. The monoisotopic (exact) mass is 392 g/mol. The highest BCUT2D eigenvalue weighted by atomic mass is 16.5. The van der Waals surface area contributed by atoms with E-state index in [0.717, 1.165) is 35.1 Å². The molecule has 4 rings (SSSR count). The van der Waals surface area contributed by atoms with Crippen molar-refractivity contribution in [3.63, 3.8) is 0 Å². The number of fused-ring (bicyclic) bond motifs is 2. The van der Waals surface area contributed by atoms with Crippen LogP contribution in [0.25, 0.3) is 0 Å². The van der Waals surface area contributed by atoms with Crippen molar-refractivity contribution in [3.8, 4) is 11.5 Å². The number of aliphatic imine (C=N–C) groups is 1. The quantitative estimate of drug-likeness (QED) is 0.724. The molecule has 1 unspecified atom stereocenters. The van der Waals surface area contributed by atoms with Gasteiger partial charge in [0, 0.05) is 31.2 Å². The van der Waals surface area contributed by atoms with Crippen LogP contribution in [0.2, 0.25) is 0 Å². The fourth-order valence-corrected chi connectivity index (χ4v) is 3.75. The normalized spacial score (nSPS) is 18.8. The van der Waals surface area contributed by atoms with Gasteiger partial charge in [-0.15, -0.1) is 0 Å². The maximum absolute atomic E-state index is 12.7. The lowest BCUT2D eigenvalue weighted by Gasteiger charge is -2.42. The molecule has 152 valence electrons. The van der Waals surface area contributed by atoms with E-state index >= 15 is 0 Å². The fraction of sp³-hybridized carbons (Fsp3) is 0.391. The maximum atomic E-state index is 12.7. The van der Waals surface area contributed by atoms with E-state index in [9.17, 15) is 4.79 Å². The summed E-state index contributed by atoms with van der Waals surface area (Å²) in [6, 6.07) is 15.9. The zero-order chi connectivity index (χ0) is 20.6. The van der Waals surface area contributed by atoms with Gasteiger partial charge in [-0.05, 0) is 52.0 Å². The van der Waals surface area contributed by atoms with Crippen molar-refractivity contribution >= 4 is 17.6 Å². The standard InChI is InChI=1S/C23H28N4O2/c1-16-15-26(13-14-27(16)22(28)25-23(2,3)4)21-17-9-5-7-11-19(17)29-20-12-8-6-10-18(20)24-21/h5-12,16H,13-15H2,1-4H3,(H,25,28). The van der Waals surface area contributed by atoms with Crippen molar-refractivity contribution in [1.29, 1.82) is 0 Å². The first-order chi connectivity index (χ1) is 13.8. The van der Waals surface area contributed by atoms with Crippen LogP contribution in [0.5, 0.6) is 11.5 Å². The van der Waals surface area contributed by atoms with Crippen molar-refractivity contribution in [3.05, 3.63) is 54.1 Å². The molecule has 0 aliphatic carbocycles. The predicted octanol–water partition coefficient (Wildman–Crippen LogP) is 4.38. The van der Waals surface area contributed by atoms with Crippen LogP contribution in [-0.2, 0) is 0 Å². The second-order valence-corrected chi connectivity index (χ2v) is 8.67. The number of hydrogen-bond donors (Lipinski definition) is 1. The van der Waals surface area contributed by atoms with Crippen molar-refractivity contribution < 1.29 is 9.53 Å². The first kappa shape index (κ1) is 19.3. The summed E-state index contributed by atoms with van der Waals surface area (Å²) in [5.41, 5.74) is 1.54. The molecule has 1 atom stereocenters. The number of benzene rings is 2. The lowest BCUT2D eigenvalue weighted by atomic mass is 10.1. The molecule has 2 aliphatic heterocycles. The van der Waals surface area contributed by atoms with Gasteiger partial charge in [-0.2, -0.15) is 0 Å². The predicted molar refractivity (Wildman–Crippen MR) is 115 cm³/mol. The number of rotatable bonds is 0. The van der Waals surface area contributed by atoms with Crippen molar-refractivity contribution in [2.24, 2.45) is 4.99 Å². The summed E-state index contributed by atoms with van der Waals surface area (Å²) in [5.74, 6) is 2.45. The second kappa shape index (κ2) is 7.43. The van der Waals surface area contributed by atoms with E-state index in [1.165, 1.54) is 0 Å². The van der Waals surface area contributed by atoms with Crippen LogP contribution in [0.4, 0.5) is 10.5 Å². The third kappa shape index (κ3) is 4.06. The Kier molecular flexibility index (Phi) is 4.94. The average molecular weight is 393 g/mol. The number of nitrogens with one attached hydrogen (secondary N) is 1. The van der Waals surface area contributed by atoms with Gasteiger partial charge < -0.3 is 19.9 Å². The Morgan fingerprint density at radius 2 is 1.76 bits per heavy atom. The molecular formula is C23H28N4O2. The minimum atomic E-state index is -0.251. The zero-order valence-electron chi connectivity index (χ0n) is 17.5. The fourth-order valence-electron chi connectivity index (χ4n) is 3.75. The molecular weight excluding hydrogens is 364 g/mol. The van der Waals surface area contributed by atoms with E-state index in [1.54, 1.807) is 0 Å². The average Bonchev–Trinajstić information content (AvgIpc) is 2.83. The van der Waals surface area contributed by atoms with Gasteiger partial charge in [0.15, 0.2) is 5.75 Å². The molecule has 1 fully saturated rings. The van der Waals surface area contributed by atoms with Crippen LogP contribution in [0.15, 0.2) is 53.5 Å². The van der Waals surface area contributed by atoms with Crippen LogP contribution in [0.3, 0.4) is 0 Å². The number of nitrogens with zero attached hydrogens (tertiary/aromatic N) is 3.